The predicted octanol–water partition coefficient (Wildman–Crippen LogP) is 4.23. The van der Waals surface area contributed by atoms with E-state index in [4.69, 9.17) is 20.2 Å². The number of hydrogen-bond acceptors (Lipinski definition) is 6. The van der Waals surface area contributed by atoms with Crippen LogP contribution in [0.15, 0.2) is 45.6 Å². The average Bonchev–Trinajstić information content (AvgIpc) is 3.28. The third-order valence-electron chi connectivity index (χ3n) is 5.85. The second-order valence-electron chi connectivity index (χ2n) is 8.06. The van der Waals surface area contributed by atoms with Crippen molar-refractivity contribution in [2.75, 3.05) is 14.2 Å². The van der Waals surface area contributed by atoms with Crippen molar-refractivity contribution in [2.45, 2.75) is 46.5 Å². The Kier molecular flexibility index (Phi) is 10.5. The number of methoxy groups -OCH3 is 2. The molecule has 190 valence electrons. The zero-order valence-electron chi connectivity index (χ0n) is 21.1. The first-order chi connectivity index (χ1) is 17.0. The normalized spacial score (nSPS) is 14.6. The van der Waals surface area contributed by atoms with Gasteiger partial charge in [0.15, 0.2) is 0 Å². The van der Waals surface area contributed by atoms with Gasteiger partial charge in [0.25, 0.3) is 0 Å². The number of esters is 2. The van der Waals surface area contributed by atoms with E-state index in [9.17, 15) is 14.4 Å². The van der Waals surface area contributed by atoms with Crippen molar-refractivity contribution < 1.29 is 23.9 Å². The van der Waals surface area contributed by atoms with Gasteiger partial charge in [0.05, 0.1) is 25.6 Å². The van der Waals surface area contributed by atoms with Crippen LogP contribution in [0.3, 0.4) is 0 Å². The molecule has 0 fully saturated rings. The molecule has 3 N–H and O–H groups in total. The van der Waals surface area contributed by atoms with Crippen LogP contribution in [0.1, 0.15) is 55.6 Å². The molecule has 36 heavy (non-hydrogen) atoms. The zero-order chi connectivity index (χ0) is 27.0. The van der Waals surface area contributed by atoms with E-state index in [-0.39, 0.29) is 30.4 Å². The number of nitrogens with zero attached hydrogens (tertiary/aromatic N) is 1. The number of ether oxygens (including phenoxy) is 2. The van der Waals surface area contributed by atoms with Crippen molar-refractivity contribution in [3.63, 3.8) is 0 Å². The molecule has 0 unspecified atom stereocenters. The molecule has 1 aliphatic rings. The SMILES string of the molecule is C=C/C(C(N)=O)=C(\C)C#Cc1[nH]c(/C=C2\N=C(I)C(C)=C2CCC(=O)OC)c(CCC(=O)OC)c1C. The van der Waals surface area contributed by atoms with Crippen LogP contribution in [0.2, 0.25) is 0 Å². The van der Waals surface area contributed by atoms with Crippen molar-refractivity contribution in [1.82, 2.24) is 4.98 Å². The number of aliphatic imine (C=N–C) groups is 1. The zero-order valence-corrected chi connectivity index (χ0v) is 23.3. The van der Waals surface area contributed by atoms with E-state index in [0.29, 0.717) is 24.1 Å². The first-order valence-corrected chi connectivity index (χ1v) is 12.3. The Morgan fingerprint density at radius 1 is 1.14 bits per heavy atom. The Bertz CT molecular complexity index is 1280. The number of carbonyl (C=O) groups is 3. The highest BCUT2D eigenvalue weighted by molar-refractivity contribution is 14.1. The topological polar surface area (TPSA) is 124 Å². The van der Waals surface area contributed by atoms with Gasteiger partial charge in [0, 0.05) is 29.7 Å². The minimum absolute atomic E-state index is 0.199. The first kappa shape index (κ1) is 28.8. The van der Waals surface area contributed by atoms with Crippen LogP contribution < -0.4 is 5.73 Å². The molecule has 0 spiro atoms. The van der Waals surface area contributed by atoms with Gasteiger partial charge in [-0.15, -0.1) is 0 Å². The lowest BCUT2D eigenvalue weighted by atomic mass is 10.0. The summed E-state index contributed by atoms with van der Waals surface area (Å²) in [7, 11) is 2.72. The Morgan fingerprint density at radius 3 is 2.31 bits per heavy atom. The highest BCUT2D eigenvalue weighted by Crippen LogP contribution is 2.34. The molecule has 0 saturated heterocycles. The number of H-pyrrole nitrogens is 1. The molecule has 8 nitrogen and oxygen atoms in total. The quantitative estimate of drug-likeness (QED) is 0.144. The van der Waals surface area contributed by atoms with Crippen LogP contribution in [0.25, 0.3) is 6.08 Å². The molecule has 1 aromatic heterocycles. The van der Waals surface area contributed by atoms with Gasteiger partial charge in [0.1, 0.15) is 3.72 Å². The standard InChI is InChI=1S/C27H30IN3O5/c1-7-18(27(29)34)15(2)8-11-21-16(3)19(9-12-24(32)35-5)22(30-21)14-23-20(10-13-25(33)36-6)17(4)26(28)31-23/h7,14,30H,1,9-10,12-13H2,2-6H3,(H2,29,34)/b18-15-,23-14-. The lowest BCUT2D eigenvalue weighted by Crippen LogP contribution is -2.13. The molecular formula is C27H30IN3O5. The van der Waals surface area contributed by atoms with Gasteiger partial charge in [0.2, 0.25) is 5.91 Å². The van der Waals surface area contributed by atoms with Crippen LogP contribution in [0.5, 0.6) is 0 Å². The summed E-state index contributed by atoms with van der Waals surface area (Å²) in [6, 6.07) is 0. The number of primary amides is 1. The second kappa shape index (κ2) is 13.1. The molecule has 2 rings (SSSR count). The molecule has 1 amide bonds. The third kappa shape index (κ3) is 7.07. The summed E-state index contributed by atoms with van der Waals surface area (Å²) < 4.78 is 10.5. The van der Waals surface area contributed by atoms with E-state index in [2.05, 4.69) is 46.0 Å². The number of aromatic nitrogens is 1. The van der Waals surface area contributed by atoms with E-state index in [1.807, 2.05) is 19.9 Å². The molecule has 0 radical (unpaired) electrons. The molecule has 0 aliphatic carbocycles. The fraction of sp³-hybridized carbons (Fsp3) is 0.333. The minimum Gasteiger partial charge on any atom is -0.469 e. The fourth-order valence-electron chi connectivity index (χ4n) is 3.69. The number of amides is 1. The van der Waals surface area contributed by atoms with Crippen molar-refractivity contribution in [3.8, 4) is 11.8 Å². The Hall–Kier alpha value is -3.39. The van der Waals surface area contributed by atoms with Gasteiger partial charge in [-0.2, -0.15) is 0 Å². The summed E-state index contributed by atoms with van der Waals surface area (Å²) in [6.07, 6.45) is 4.66. The van der Waals surface area contributed by atoms with Gasteiger partial charge in [-0.3, -0.25) is 14.4 Å². The number of aromatic amines is 1. The van der Waals surface area contributed by atoms with Crippen LogP contribution in [0.4, 0.5) is 0 Å². The van der Waals surface area contributed by atoms with Crippen molar-refractivity contribution >= 4 is 50.2 Å². The lowest BCUT2D eigenvalue weighted by molar-refractivity contribution is -0.141. The number of hydrogen-bond donors (Lipinski definition) is 2. The summed E-state index contributed by atoms with van der Waals surface area (Å²) in [4.78, 5) is 43.2. The van der Waals surface area contributed by atoms with Crippen molar-refractivity contribution in [3.05, 3.63) is 63.2 Å². The van der Waals surface area contributed by atoms with Crippen LogP contribution in [-0.4, -0.2) is 40.8 Å². The minimum atomic E-state index is -0.598. The number of nitrogens with two attached hydrogens (primary N) is 1. The number of halogens is 1. The molecule has 0 aromatic carbocycles. The van der Waals surface area contributed by atoms with E-state index < -0.39 is 5.91 Å². The maximum Gasteiger partial charge on any atom is 0.305 e. The molecule has 1 aliphatic heterocycles. The van der Waals surface area contributed by atoms with Gasteiger partial charge in [-0.05, 0) is 90.5 Å². The molecular weight excluding hydrogens is 573 g/mol. The van der Waals surface area contributed by atoms with E-state index in [0.717, 1.165) is 37.4 Å². The van der Waals surface area contributed by atoms with Gasteiger partial charge >= 0.3 is 11.9 Å². The van der Waals surface area contributed by atoms with Crippen LogP contribution in [-0.2, 0) is 30.3 Å². The Balaban J connectivity index is 2.58. The largest absolute Gasteiger partial charge is 0.469 e. The monoisotopic (exact) mass is 603 g/mol. The lowest BCUT2D eigenvalue weighted by Gasteiger charge is -2.06. The average molecular weight is 603 g/mol. The van der Waals surface area contributed by atoms with Crippen molar-refractivity contribution in [2.24, 2.45) is 10.7 Å². The highest BCUT2D eigenvalue weighted by atomic mass is 127. The number of rotatable bonds is 9. The Labute approximate surface area is 224 Å². The third-order valence-corrected chi connectivity index (χ3v) is 6.90. The first-order valence-electron chi connectivity index (χ1n) is 11.2. The Morgan fingerprint density at radius 2 is 1.75 bits per heavy atom. The van der Waals surface area contributed by atoms with E-state index in [1.165, 1.54) is 20.3 Å². The molecule has 0 saturated carbocycles. The van der Waals surface area contributed by atoms with Crippen molar-refractivity contribution in [1.29, 1.82) is 0 Å². The fourth-order valence-corrected chi connectivity index (χ4v) is 4.28. The van der Waals surface area contributed by atoms with E-state index in [1.54, 1.807) is 6.92 Å². The molecule has 0 atom stereocenters. The number of nitrogens with one attached hydrogen (secondary N) is 1. The molecule has 0 bridgehead atoms. The van der Waals surface area contributed by atoms with Gasteiger partial charge < -0.3 is 20.2 Å². The summed E-state index contributed by atoms with van der Waals surface area (Å²) in [5, 5.41) is 0. The van der Waals surface area contributed by atoms with Gasteiger partial charge in [-0.1, -0.05) is 18.6 Å². The van der Waals surface area contributed by atoms with E-state index >= 15 is 0 Å². The summed E-state index contributed by atoms with van der Waals surface area (Å²) >= 11 is 2.17. The summed E-state index contributed by atoms with van der Waals surface area (Å²) in [6.45, 7) is 9.20. The second-order valence-corrected chi connectivity index (χ2v) is 9.08. The highest BCUT2D eigenvalue weighted by Gasteiger charge is 2.22. The number of allylic oxidation sites excluding steroid dienone is 3. The summed E-state index contributed by atoms with van der Waals surface area (Å²) in [5.41, 5.74) is 12.0. The maximum absolute atomic E-state index is 11.9. The molecule has 9 heteroatoms. The van der Waals surface area contributed by atoms with Crippen LogP contribution >= 0.6 is 22.6 Å². The smallest absolute Gasteiger partial charge is 0.305 e. The summed E-state index contributed by atoms with van der Waals surface area (Å²) in [5.74, 6) is 4.83. The predicted molar refractivity (Wildman–Crippen MR) is 148 cm³/mol. The maximum atomic E-state index is 11.9. The number of carbonyl (C=O) groups excluding carboxylic acids is 3. The molecule has 2 heterocycles. The van der Waals surface area contributed by atoms with Crippen LogP contribution in [0, 0.1) is 18.8 Å². The molecule has 1 aromatic rings. The van der Waals surface area contributed by atoms with Gasteiger partial charge in [-0.25, -0.2) is 4.99 Å².